The smallest absolute Gasteiger partial charge is 0.306 e. The van der Waals surface area contributed by atoms with Gasteiger partial charge in [-0.15, -0.1) is 17.8 Å². The largest absolute Gasteiger partial charge is 0.490 e. The third-order valence-electron chi connectivity index (χ3n) is 5.91. The predicted octanol–water partition coefficient (Wildman–Crippen LogP) is 4.72. The lowest BCUT2D eigenvalue weighted by Gasteiger charge is -2.15. The van der Waals surface area contributed by atoms with Gasteiger partial charge in [-0.1, -0.05) is 24.1 Å². The third kappa shape index (κ3) is 5.78. The van der Waals surface area contributed by atoms with Crippen molar-refractivity contribution in [1.29, 1.82) is 0 Å². The van der Waals surface area contributed by atoms with Crippen LogP contribution in [0.3, 0.4) is 0 Å². The quantitative estimate of drug-likeness (QED) is 0.322. The minimum Gasteiger partial charge on any atom is -0.490 e. The lowest BCUT2D eigenvalue weighted by Crippen LogP contribution is -2.30. The number of esters is 1. The van der Waals surface area contributed by atoms with Crippen LogP contribution in [0.2, 0.25) is 0 Å². The maximum atomic E-state index is 12.5. The molecular weight excluding hydrogens is 496 g/mol. The highest BCUT2D eigenvalue weighted by molar-refractivity contribution is 7.89. The first-order valence-corrected chi connectivity index (χ1v) is 14.1. The summed E-state index contributed by atoms with van der Waals surface area (Å²) in [5.41, 5.74) is 4.71. The van der Waals surface area contributed by atoms with E-state index in [-0.39, 0.29) is 24.3 Å². The molecule has 1 aromatic heterocycles. The molecule has 1 aliphatic rings. The second kappa shape index (κ2) is 10.8. The second-order valence-electron chi connectivity index (χ2n) is 8.78. The Morgan fingerprint density at radius 1 is 1.31 bits per heavy atom. The summed E-state index contributed by atoms with van der Waals surface area (Å²) in [5, 5.41) is 0.841. The van der Waals surface area contributed by atoms with Crippen molar-refractivity contribution in [2.45, 2.75) is 45.3 Å². The highest BCUT2D eigenvalue weighted by Gasteiger charge is 2.29. The molecule has 1 N–H and O–H groups in total. The van der Waals surface area contributed by atoms with E-state index in [1.54, 1.807) is 11.3 Å². The van der Waals surface area contributed by atoms with Gasteiger partial charge in [-0.05, 0) is 61.6 Å². The zero-order valence-corrected chi connectivity index (χ0v) is 22.0. The number of nitrogens with one attached hydrogen (secondary N) is 1. The fourth-order valence-corrected chi connectivity index (χ4v) is 6.46. The first-order chi connectivity index (χ1) is 17.2. The van der Waals surface area contributed by atoms with Gasteiger partial charge in [0.2, 0.25) is 10.0 Å². The van der Waals surface area contributed by atoms with E-state index >= 15 is 0 Å². The number of nitrogens with zero attached hydrogens (tertiary/aromatic N) is 1. The van der Waals surface area contributed by atoms with Gasteiger partial charge >= 0.3 is 5.97 Å². The monoisotopic (exact) mass is 524 g/mol. The van der Waals surface area contributed by atoms with Crippen molar-refractivity contribution >= 4 is 27.3 Å². The molecule has 0 unspecified atom stereocenters. The molecule has 0 fully saturated rings. The molecule has 36 heavy (non-hydrogen) atoms. The van der Waals surface area contributed by atoms with E-state index in [0.717, 1.165) is 38.6 Å². The molecule has 3 aromatic rings. The summed E-state index contributed by atoms with van der Waals surface area (Å²) in [5.74, 6) is 2.52. The molecule has 1 heterocycles. The van der Waals surface area contributed by atoms with Crippen molar-refractivity contribution in [3.05, 3.63) is 59.3 Å². The molecule has 0 bridgehead atoms. The number of methoxy groups -OCH3 is 1. The number of rotatable bonds is 9. The van der Waals surface area contributed by atoms with Crippen LogP contribution in [0.15, 0.2) is 42.6 Å². The highest BCUT2D eigenvalue weighted by atomic mass is 32.2. The Kier molecular flexibility index (Phi) is 7.79. The van der Waals surface area contributed by atoms with Crippen molar-refractivity contribution in [2.75, 3.05) is 12.9 Å². The van der Waals surface area contributed by atoms with E-state index in [0.29, 0.717) is 17.7 Å². The fourth-order valence-electron chi connectivity index (χ4n) is 4.27. The third-order valence-corrected chi connectivity index (χ3v) is 8.38. The zero-order chi connectivity index (χ0) is 25.9. The minimum absolute atomic E-state index is 0.0238. The fraction of sp³-hybridized carbons (Fsp3) is 0.333. The van der Waals surface area contributed by atoms with Gasteiger partial charge in [-0.25, -0.2) is 18.1 Å². The lowest BCUT2D eigenvalue weighted by molar-refractivity contribution is -0.140. The average Bonchev–Trinajstić information content (AvgIpc) is 3.50. The van der Waals surface area contributed by atoms with Gasteiger partial charge in [0.15, 0.2) is 0 Å². The molecule has 4 rings (SSSR count). The van der Waals surface area contributed by atoms with Gasteiger partial charge in [0.05, 0.1) is 35.8 Å². The normalized spacial score (nSPS) is 14.9. The number of carbonyl (C=O) groups excluding carboxylic acids is 1. The number of ether oxygens (including phenoxy) is 2. The van der Waals surface area contributed by atoms with Crippen LogP contribution in [-0.2, 0) is 26.0 Å². The summed E-state index contributed by atoms with van der Waals surface area (Å²) in [4.78, 5) is 17.0. The Bertz CT molecular complexity index is 1420. The van der Waals surface area contributed by atoms with Gasteiger partial charge in [0.25, 0.3) is 0 Å². The number of benzene rings is 2. The number of carbonyl (C=O) groups is 1. The Morgan fingerprint density at radius 3 is 2.83 bits per heavy atom. The first kappa shape index (κ1) is 25.9. The van der Waals surface area contributed by atoms with Crippen molar-refractivity contribution < 1.29 is 22.7 Å². The maximum absolute atomic E-state index is 12.5. The van der Waals surface area contributed by atoms with Crippen LogP contribution in [0.5, 0.6) is 5.75 Å². The van der Waals surface area contributed by atoms with E-state index in [1.807, 2.05) is 56.4 Å². The van der Waals surface area contributed by atoms with Gasteiger partial charge in [0, 0.05) is 17.8 Å². The van der Waals surface area contributed by atoms with E-state index in [1.165, 1.54) is 7.11 Å². The van der Waals surface area contributed by atoms with Gasteiger partial charge in [-0.2, -0.15) is 0 Å². The molecule has 0 radical (unpaired) electrons. The standard InChI is InChI=1S/C27H28N2O5S2/c1-5-18-15-19(9-12-24(18)34-17(2)3)27-28-16-25(35-27)22-8-6-7-21-20(22)10-11-23(21)29-36(31,32)14-13-26(30)33-4/h1,6-9,12,15-17,23,29H,10-11,13-14H2,2-4H3/t23-/m0/s1. The summed E-state index contributed by atoms with van der Waals surface area (Å²) in [6, 6.07) is 11.3. The van der Waals surface area contributed by atoms with Crippen molar-refractivity contribution in [1.82, 2.24) is 9.71 Å². The van der Waals surface area contributed by atoms with E-state index in [9.17, 15) is 13.2 Å². The van der Waals surface area contributed by atoms with Gasteiger partial charge < -0.3 is 9.47 Å². The molecule has 188 valence electrons. The molecule has 0 amide bonds. The van der Waals surface area contributed by atoms with Gasteiger partial charge in [-0.3, -0.25) is 4.79 Å². The van der Waals surface area contributed by atoms with Crippen molar-refractivity contribution in [3.63, 3.8) is 0 Å². The number of aromatic nitrogens is 1. The van der Waals surface area contributed by atoms with E-state index in [4.69, 9.17) is 11.2 Å². The van der Waals surface area contributed by atoms with Gasteiger partial charge in [0.1, 0.15) is 10.8 Å². The van der Waals surface area contributed by atoms with Crippen LogP contribution in [-0.4, -0.2) is 38.3 Å². The molecule has 9 heteroatoms. The number of thiazole rings is 1. The second-order valence-corrected chi connectivity index (χ2v) is 11.7. The number of terminal acetylenes is 1. The highest BCUT2D eigenvalue weighted by Crippen LogP contribution is 2.41. The molecule has 0 aliphatic heterocycles. The molecule has 0 spiro atoms. The zero-order valence-electron chi connectivity index (χ0n) is 20.4. The van der Waals surface area contributed by atoms with E-state index in [2.05, 4.69) is 20.4 Å². The average molecular weight is 525 g/mol. The number of fused-ring (bicyclic) bond motifs is 1. The summed E-state index contributed by atoms with van der Waals surface area (Å²) in [7, 11) is -2.38. The summed E-state index contributed by atoms with van der Waals surface area (Å²) < 4.78 is 38.1. The van der Waals surface area contributed by atoms with Crippen LogP contribution in [0, 0.1) is 12.3 Å². The van der Waals surface area contributed by atoms with Crippen molar-refractivity contribution in [2.24, 2.45) is 0 Å². The van der Waals surface area contributed by atoms with Crippen LogP contribution in [0.4, 0.5) is 0 Å². The Balaban J connectivity index is 1.56. The van der Waals surface area contributed by atoms with Crippen LogP contribution in [0.25, 0.3) is 21.0 Å². The predicted molar refractivity (Wildman–Crippen MR) is 141 cm³/mol. The Labute approximate surface area is 215 Å². The Hall–Kier alpha value is -3.19. The molecule has 1 aliphatic carbocycles. The lowest BCUT2D eigenvalue weighted by atomic mass is 10.0. The number of hydrogen-bond acceptors (Lipinski definition) is 7. The first-order valence-electron chi connectivity index (χ1n) is 11.6. The summed E-state index contributed by atoms with van der Waals surface area (Å²) in [6.45, 7) is 3.91. The van der Waals surface area contributed by atoms with Crippen LogP contribution >= 0.6 is 11.3 Å². The molecular formula is C27H28N2O5S2. The topological polar surface area (TPSA) is 94.6 Å². The van der Waals surface area contributed by atoms with Crippen LogP contribution < -0.4 is 9.46 Å². The number of sulfonamides is 1. The maximum Gasteiger partial charge on any atom is 0.306 e. The molecule has 2 aromatic carbocycles. The SMILES string of the molecule is C#Cc1cc(-c2ncc(-c3cccc4c3CC[C@@H]4NS(=O)(=O)CCC(=O)OC)s2)ccc1OC(C)C. The number of hydrogen-bond donors (Lipinski definition) is 1. The van der Waals surface area contributed by atoms with Crippen LogP contribution in [0.1, 0.15) is 49.4 Å². The van der Waals surface area contributed by atoms with Crippen molar-refractivity contribution in [3.8, 4) is 39.1 Å². The molecule has 0 saturated heterocycles. The Morgan fingerprint density at radius 2 is 2.11 bits per heavy atom. The van der Waals surface area contributed by atoms with E-state index < -0.39 is 16.0 Å². The summed E-state index contributed by atoms with van der Waals surface area (Å²) in [6.07, 6.45) is 8.79. The molecule has 1 atom stereocenters. The summed E-state index contributed by atoms with van der Waals surface area (Å²) >= 11 is 1.56. The molecule has 7 nitrogen and oxygen atoms in total. The minimum atomic E-state index is -3.63. The molecule has 0 saturated carbocycles.